The van der Waals surface area contributed by atoms with Gasteiger partial charge in [0.2, 0.25) is 0 Å². The van der Waals surface area contributed by atoms with Crippen LogP contribution in [0.2, 0.25) is 0 Å². The van der Waals surface area contributed by atoms with Gasteiger partial charge in [0, 0.05) is 36.7 Å². The van der Waals surface area contributed by atoms with E-state index in [4.69, 9.17) is 4.74 Å². The van der Waals surface area contributed by atoms with Gasteiger partial charge in [-0.15, -0.1) is 4.31 Å². The van der Waals surface area contributed by atoms with Crippen LogP contribution < -0.4 is 0 Å². The Morgan fingerprint density at radius 2 is 1.93 bits per heavy atom. The first-order valence-corrected chi connectivity index (χ1v) is 11.9. The van der Waals surface area contributed by atoms with Crippen LogP contribution in [0.15, 0.2) is 24.3 Å². The molecule has 6 heteroatoms. The number of nitrogens with zero attached hydrogens (tertiary/aromatic N) is 2. The zero-order valence-electron chi connectivity index (χ0n) is 18.3. The number of rotatable bonds is 5. The van der Waals surface area contributed by atoms with Gasteiger partial charge in [0.1, 0.15) is 5.25 Å². The number of amides is 1. The molecule has 1 aromatic carbocycles. The Morgan fingerprint density at radius 3 is 2.52 bits per heavy atom. The van der Waals surface area contributed by atoms with E-state index in [0.717, 1.165) is 25.9 Å². The van der Waals surface area contributed by atoms with Crippen molar-refractivity contribution >= 4 is 17.5 Å². The molecular formula is C23H34N2O3S. The molecule has 2 aliphatic carbocycles. The normalized spacial score (nSPS) is 29.7. The van der Waals surface area contributed by atoms with Gasteiger partial charge in [-0.1, -0.05) is 38.1 Å². The van der Waals surface area contributed by atoms with Crippen molar-refractivity contribution in [3.8, 4) is 0 Å². The number of hydrogen-bond donors (Lipinski definition) is 0. The molecule has 1 spiro atoms. The SMILES string of the molecule is COC(=O)N(C)[C@]1(C)C[C@H]([S+]([O-])N2CC3(CC(c4cccc(C(C)C)c4)C3)C2)C1. The summed E-state index contributed by atoms with van der Waals surface area (Å²) >= 11 is -0.940. The summed E-state index contributed by atoms with van der Waals surface area (Å²) in [4.78, 5) is 13.4. The van der Waals surface area contributed by atoms with Crippen LogP contribution in [0.25, 0.3) is 0 Å². The van der Waals surface area contributed by atoms with E-state index < -0.39 is 11.4 Å². The minimum absolute atomic E-state index is 0.156. The molecule has 160 valence electrons. The Labute approximate surface area is 178 Å². The topological polar surface area (TPSA) is 55.8 Å². The summed E-state index contributed by atoms with van der Waals surface area (Å²) < 4.78 is 19.9. The highest BCUT2D eigenvalue weighted by Crippen LogP contribution is 2.57. The Bertz CT molecular complexity index is 763. The molecule has 1 aliphatic heterocycles. The maximum Gasteiger partial charge on any atom is 0.409 e. The summed E-state index contributed by atoms with van der Waals surface area (Å²) in [6, 6.07) is 9.06. The molecule has 1 unspecified atom stereocenters. The highest BCUT2D eigenvalue weighted by atomic mass is 32.2. The van der Waals surface area contributed by atoms with Crippen molar-refractivity contribution in [1.82, 2.24) is 9.21 Å². The lowest BCUT2D eigenvalue weighted by Crippen LogP contribution is -2.67. The fraction of sp³-hybridized carbons (Fsp3) is 0.696. The maximum absolute atomic E-state index is 13.0. The van der Waals surface area contributed by atoms with Crippen LogP contribution in [-0.4, -0.2) is 57.9 Å². The predicted molar refractivity (Wildman–Crippen MR) is 116 cm³/mol. The van der Waals surface area contributed by atoms with Gasteiger partial charge in [0.25, 0.3) is 0 Å². The molecule has 2 saturated carbocycles. The molecule has 1 heterocycles. The van der Waals surface area contributed by atoms with Crippen LogP contribution >= 0.6 is 0 Å². The summed E-state index contributed by atoms with van der Waals surface area (Å²) in [5, 5.41) is 0.156. The standard InChI is InChI=1S/C23H34N2O3S/c1-16(2)17-7-6-8-18(9-17)19-10-23(11-19)14-25(15-23)29(27)20-12-22(3,13-20)24(4)21(26)28-5/h6-9,16,19-20H,10-15H2,1-5H3/t20-,22+,29?. The van der Waals surface area contributed by atoms with Gasteiger partial charge in [0.05, 0.1) is 25.7 Å². The predicted octanol–water partition coefficient (Wildman–Crippen LogP) is 4.27. The van der Waals surface area contributed by atoms with E-state index in [1.54, 1.807) is 11.9 Å². The van der Waals surface area contributed by atoms with Gasteiger partial charge < -0.3 is 14.2 Å². The Hall–Kier alpha value is -1.24. The summed E-state index contributed by atoms with van der Waals surface area (Å²) in [5.41, 5.74) is 3.04. The van der Waals surface area contributed by atoms with Crippen LogP contribution in [0.3, 0.4) is 0 Å². The monoisotopic (exact) mass is 418 g/mol. The number of carbonyl (C=O) groups is 1. The zero-order chi connectivity index (χ0) is 21.0. The lowest BCUT2D eigenvalue weighted by molar-refractivity contribution is -0.0283. The van der Waals surface area contributed by atoms with Gasteiger partial charge in [-0.2, -0.15) is 0 Å². The molecule has 3 aliphatic rings. The molecule has 3 fully saturated rings. The number of methoxy groups -OCH3 is 1. The highest BCUT2D eigenvalue weighted by Gasteiger charge is 2.60. The van der Waals surface area contributed by atoms with Gasteiger partial charge in [-0.05, 0) is 42.7 Å². The Balaban J connectivity index is 1.25. The Kier molecular flexibility index (Phi) is 5.41. The molecule has 1 atom stereocenters. The highest BCUT2D eigenvalue weighted by molar-refractivity contribution is 7.89. The smallest absolute Gasteiger partial charge is 0.409 e. The minimum Gasteiger partial charge on any atom is -0.598 e. The van der Waals surface area contributed by atoms with E-state index in [2.05, 4.69) is 49.3 Å². The largest absolute Gasteiger partial charge is 0.598 e. The number of benzene rings is 1. The van der Waals surface area contributed by atoms with Crippen molar-refractivity contribution in [2.45, 2.75) is 69.1 Å². The second kappa shape index (κ2) is 7.47. The third-order valence-electron chi connectivity index (χ3n) is 7.56. The van der Waals surface area contributed by atoms with Crippen LogP contribution in [0.5, 0.6) is 0 Å². The molecule has 1 amide bonds. The summed E-state index contributed by atoms with van der Waals surface area (Å²) in [6.45, 7) is 8.46. The van der Waals surface area contributed by atoms with E-state index >= 15 is 0 Å². The van der Waals surface area contributed by atoms with Gasteiger partial charge in [-0.25, -0.2) is 4.79 Å². The van der Waals surface area contributed by atoms with E-state index in [9.17, 15) is 9.35 Å². The van der Waals surface area contributed by atoms with Crippen LogP contribution in [0.4, 0.5) is 4.79 Å². The van der Waals surface area contributed by atoms with E-state index in [1.165, 1.54) is 31.1 Å². The van der Waals surface area contributed by atoms with Gasteiger partial charge >= 0.3 is 6.09 Å². The summed E-state index contributed by atoms with van der Waals surface area (Å²) in [6.07, 6.45) is 3.67. The van der Waals surface area contributed by atoms with Crippen molar-refractivity contribution < 1.29 is 14.1 Å². The second-order valence-electron chi connectivity index (χ2n) is 10.1. The van der Waals surface area contributed by atoms with Crippen LogP contribution in [0, 0.1) is 5.41 Å². The average Bonchev–Trinajstić information content (AvgIpc) is 2.61. The van der Waals surface area contributed by atoms with E-state index in [0.29, 0.717) is 17.3 Å². The lowest BCUT2D eigenvalue weighted by atomic mass is 9.57. The summed E-state index contributed by atoms with van der Waals surface area (Å²) in [7, 11) is 3.17. The molecular weight excluding hydrogens is 384 g/mol. The van der Waals surface area contributed by atoms with E-state index in [-0.39, 0.29) is 16.9 Å². The Morgan fingerprint density at radius 1 is 1.28 bits per heavy atom. The first-order valence-electron chi connectivity index (χ1n) is 10.7. The average molecular weight is 419 g/mol. The molecule has 0 bridgehead atoms. The first-order chi connectivity index (χ1) is 13.7. The molecule has 1 aromatic rings. The van der Waals surface area contributed by atoms with Crippen molar-refractivity contribution in [3.63, 3.8) is 0 Å². The molecule has 29 heavy (non-hydrogen) atoms. The number of carbonyl (C=O) groups excluding carboxylic acids is 1. The molecule has 0 N–H and O–H groups in total. The fourth-order valence-electron chi connectivity index (χ4n) is 5.39. The molecule has 4 rings (SSSR count). The van der Waals surface area contributed by atoms with Crippen LogP contribution in [0.1, 0.15) is 69.4 Å². The van der Waals surface area contributed by atoms with Crippen LogP contribution in [-0.2, 0) is 16.1 Å². The zero-order valence-corrected chi connectivity index (χ0v) is 19.1. The second-order valence-corrected chi connectivity index (χ2v) is 11.8. The number of hydrogen-bond acceptors (Lipinski definition) is 4. The molecule has 0 aromatic heterocycles. The van der Waals surface area contributed by atoms with Gasteiger partial charge in [0.15, 0.2) is 0 Å². The number of ether oxygens (including phenoxy) is 1. The lowest BCUT2D eigenvalue weighted by Gasteiger charge is -2.59. The van der Waals surface area contributed by atoms with Crippen molar-refractivity contribution in [3.05, 3.63) is 35.4 Å². The third kappa shape index (κ3) is 3.68. The third-order valence-corrected chi connectivity index (χ3v) is 9.23. The minimum atomic E-state index is -0.940. The van der Waals surface area contributed by atoms with Gasteiger partial charge in [-0.3, -0.25) is 0 Å². The van der Waals surface area contributed by atoms with Crippen molar-refractivity contribution in [2.24, 2.45) is 5.41 Å². The summed E-state index contributed by atoms with van der Waals surface area (Å²) in [5.74, 6) is 1.22. The first kappa shape index (κ1) is 21.0. The van der Waals surface area contributed by atoms with E-state index in [1.807, 2.05) is 0 Å². The fourth-order valence-corrected chi connectivity index (χ4v) is 7.61. The van der Waals surface area contributed by atoms with Crippen molar-refractivity contribution in [1.29, 1.82) is 0 Å². The maximum atomic E-state index is 13.0. The molecule has 0 radical (unpaired) electrons. The van der Waals surface area contributed by atoms with Crippen molar-refractivity contribution in [2.75, 3.05) is 27.2 Å². The molecule has 5 nitrogen and oxygen atoms in total. The quantitative estimate of drug-likeness (QED) is 0.670. The molecule has 1 saturated heterocycles.